The van der Waals surface area contributed by atoms with Gasteiger partial charge in [0, 0.05) is 0 Å². The molecule has 1 heterocycles. The molecule has 0 unspecified atom stereocenters. The third kappa shape index (κ3) is 4.73. The van der Waals surface area contributed by atoms with Gasteiger partial charge in [0.05, 0.1) is 15.0 Å². The number of thioether (sulfide) groups is 1. The summed E-state index contributed by atoms with van der Waals surface area (Å²) in [5, 5.41) is -0.336. The van der Waals surface area contributed by atoms with E-state index < -0.39 is 0 Å². The largest absolute Gasteiger partial charge is 0.488 e. The maximum atomic E-state index is 12.2. The Kier molecular flexibility index (Phi) is 6.24. The molecule has 0 N–H and O–H groups in total. The van der Waals surface area contributed by atoms with E-state index in [1.54, 1.807) is 6.08 Å². The number of nitrogens with zero attached hydrogens (tertiary/aromatic N) is 1. The molecule has 0 aromatic heterocycles. The van der Waals surface area contributed by atoms with Gasteiger partial charge in [0.25, 0.3) is 11.1 Å². The Bertz CT molecular complexity index is 978. The molecule has 0 spiro atoms. The highest BCUT2D eigenvalue weighted by Crippen LogP contribution is 2.33. The minimum Gasteiger partial charge on any atom is -0.488 e. The summed E-state index contributed by atoms with van der Waals surface area (Å²) in [4.78, 5) is 25.5. The van der Waals surface area contributed by atoms with Crippen LogP contribution in [0, 0.1) is 22.8 Å². The van der Waals surface area contributed by atoms with Crippen LogP contribution in [0.25, 0.3) is 6.08 Å². The van der Waals surface area contributed by atoms with Gasteiger partial charge in [-0.05, 0) is 70.6 Å². The monoisotopic (exact) mass is 489 g/mol. The van der Waals surface area contributed by atoms with Crippen LogP contribution in [0.4, 0.5) is 4.79 Å². The lowest BCUT2D eigenvalue weighted by Crippen LogP contribution is -2.28. The summed E-state index contributed by atoms with van der Waals surface area (Å²) in [6.07, 6.45) is 6.91. The van der Waals surface area contributed by atoms with Gasteiger partial charge in [0.15, 0.2) is 0 Å². The van der Waals surface area contributed by atoms with E-state index >= 15 is 0 Å². The van der Waals surface area contributed by atoms with Crippen molar-refractivity contribution in [3.05, 3.63) is 67.6 Å². The van der Waals surface area contributed by atoms with Crippen molar-refractivity contribution in [1.82, 2.24) is 4.90 Å². The number of hydrogen-bond donors (Lipinski definition) is 0. The Morgan fingerprint density at radius 3 is 2.78 bits per heavy atom. The predicted molar refractivity (Wildman–Crippen MR) is 116 cm³/mol. The van der Waals surface area contributed by atoms with Crippen LogP contribution in [-0.2, 0) is 11.4 Å². The van der Waals surface area contributed by atoms with Crippen molar-refractivity contribution in [3.8, 4) is 18.1 Å². The number of amides is 2. The number of ether oxygens (including phenoxy) is 1. The molecule has 0 radical (unpaired) electrons. The number of hydrogen-bond acceptors (Lipinski definition) is 4. The first-order valence-electron chi connectivity index (χ1n) is 8.14. The molecule has 1 aliphatic heterocycles. The van der Waals surface area contributed by atoms with Crippen LogP contribution in [0.2, 0.25) is 0 Å². The molecule has 2 aromatic carbocycles. The van der Waals surface area contributed by atoms with E-state index in [1.165, 1.54) is 5.56 Å². The van der Waals surface area contributed by atoms with E-state index in [-0.39, 0.29) is 17.7 Å². The highest BCUT2D eigenvalue weighted by atomic mass is 127. The number of aryl methyl sites for hydroxylation is 1. The first-order valence-corrected chi connectivity index (χ1v) is 10.0. The van der Waals surface area contributed by atoms with Gasteiger partial charge in [-0.3, -0.25) is 14.5 Å². The lowest BCUT2D eigenvalue weighted by atomic mass is 10.1. The maximum Gasteiger partial charge on any atom is 0.294 e. The van der Waals surface area contributed by atoms with Gasteiger partial charge in [-0.25, -0.2) is 0 Å². The highest BCUT2D eigenvalue weighted by Gasteiger charge is 2.34. The van der Waals surface area contributed by atoms with Gasteiger partial charge >= 0.3 is 0 Å². The average Bonchev–Trinajstić information content (AvgIpc) is 2.89. The summed E-state index contributed by atoms with van der Waals surface area (Å²) in [6, 6.07) is 13.8. The van der Waals surface area contributed by atoms with Crippen molar-refractivity contribution in [1.29, 1.82) is 0 Å². The lowest BCUT2D eigenvalue weighted by molar-refractivity contribution is -0.122. The zero-order valence-corrected chi connectivity index (χ0v) is 17.5. The van der Waals surface area contributed by atoms with E-state index in [9.17, 15) is 9.59 Å². The third-order valence-corrected chi connectivity index (χ3v) is 5.60. The van der Waals surface area contributed by atoms with Gasteiger partial charge in [-0.15, -0.1) is 6.42 Å². The van der Waals surface area contributed by atoms with Crippen molar-refractivity contribution < 1.29 is 14.3 Å². The van der Waals surface area contributed by atoms with Gasteiger partial charge in [-0.1, -0.05) is 41.8 Å². The molecule has 0 bridgehead atoms. The number of halogens is 1. The molecule has 27 heavy (non-hydrogen) atoms. The Morgan fingerprint density at radius 1 is 1.26 bits per heavy atom. The number of benzene rings is 2. The Hall–Kier alpha value is -2.24. The molecular formula is C21H16INO3S. The van der Waals surface area contributed by atoms with Gasteiger partial charge in [0.2, 0.25) is 0 Å². The van der Waals surface area contributed by atoms with E-state index in [1.807, 2.05) is 43.3 Å². The maximum absolute atomic E-state index is 12.2. The van der Waals surface area contributed by atoms with Crippen LogP contribution >= 0.6 is 34.4 Å². The smallest absolute Gasteiger partial charge is 0.294 e. The number of carbonyl (C=O) groups excluding carboxylic acids is 2. The summed E-state index contributed by atoms with van der Waals surface area (Å²) < 4.78 is 6.83. The molecule has 4 nitrogen and oxygen atoms in total. The average molecular weight is 489 g/mol. The zero-order chi connectivity index (χ0) is 19.4. The standard InChI is InChI=1S/C21H16INO3S/c1-3-9-23-20(24)19(27-21(23)25)12-15-7-8-18(17(22)11-15)26-13-16-6-4-5-14(2)10-16/h1,4-8,10-12H,9,13H2,2H3/b19-12+. The van der Waals surface area contributed by atoms with Crippen LogP contribution in [0.3, 0.4) is 0 Å². The second kappa shape index (κ2) is 8.63. The second-order valence-corrected chi connectivity index (χ2v) is 8.09. The fraction of sp³-hybridized carbons (Fsp3) is 0.143. The molecule has 0 atom stereocenters. The molecule has 1 saturated heterocycles. The van der Waals surface area contributed by atoms with Crippen molar-refractivity contribution >= 4 is 51.6 Å². The fourth-order valence-electron chi connectivity index (χ4n) is 2.57. The lowest BCUT2D eigenvalue weighted by Gasteiger charge is -2.10. The Balaban J connectivity index is 1.72. The van der Waals surface area contributed by atoms with Gasteiger partial charge < -0.3 is 4.74 Å². The molecule has 6 heteroatoms. The zero-order valence-electron chi connectivity index (χ0n) is 14.6. The summed E-state index contributed by atoms with van der Waals surface area (Å²) in [5.74, 6) is 2.75. The van der Waals surface area contributed by atoms with Crippen molar-refractivity contribution in [2.75, 3.05) is 6.54 Å². The van der Waals surface area contributed by atoms with Crippen molar-refractivity contribution in [2.45, 2.75) is 13.5 Å². The normalized spacial score (nSPS) is 15.3. The Labute approximate surface area is 176 Å². The summed E-state index contributed by atoms with van der Waals surface area (Å²) in [6.45, 7) is 2.53. The van der Waals surface area contributed by atoms with Crippen LogP contribution in [0.5, 0.6) is 5.75 Å². The predicted octanol–water partition coefficient (Wildman–Crippen LogP) is 4.85. The minimum absolute atomic E-state index is 0.00865. The van der Waals surface area contributed by atoms with Crippen LogP contribution < -0.4 is 4.74 Å². The summed E-state index contributed by atoms with van der Waals surface area (Å²) in [5.41, 5.74) is 3.13. The molecule has 0 aliphatic carbocycles. The van der Waals surface area contributed by atoms with E-state index in [0.717, 1.165) is 37.1 Å². The number of imide groups is 1. The molecule has 1 fully saturated rings. The van der Waals surface area contributed by atoms with E-state index in [4.69, 9.17) is 11.2 Å². The van der Waals surface area contributed by atoms with Crippen LogP contribution in [0.15, 0.2) is 47.4 Å². The molecule has 2 amide bonds. The van der Waals surface area contributed by atoms with Gasteiger partial charge in [-0.2, -0.15) is 0 Å². The highest BCUT2D eigenvalue weighted by molar-refractivity contribution is 14.1. The molecule has 3 rings (SSSR count). The summed E-state index contributed by atoms with van der Waals surface area (Å²) >= 11 is 3.10. The van der Waals surface area contributed by atoms with Crippen LogP contribution in [0.1, 0.15) is 16.7 Å². The van der Waals surface area contributed by atoms with E-state index in [2.05, 4.69) is 34.6 Å². The van der Waals surface area contributed by atoms with E-state index in [0.29, 0.717) is 11.5 Å². The van der Waals surface area contributed by atoms with Crippen LogP contribution in [-0.4, -0.2) is 22.6 Å². The summed E-state index contributed by atoms with van der Waals surface area (Å²) in [7, 11) is 0. The number of terminal acetylenes is 1. The topological polar surface area (TPSA) is 46.6 Å². The molecule has 136 valence electrons. The third-order valence-electron chi connectivity index (χ3n) is 3.85. The Morgan fingerprint density at radius 2 is 2.07 bits per heavy atom. The molecular weight excluding hydrogens is 473 g/mol. The van der Waals surface area contributed by atoms with Gasteiger partial charge in [0.1, 0.15) is 12.4 Å². The molecule has 1 aliphatic rings. The van der Waals surface area contributed by atoms with Crippen molar-refractivity contribution in [2.24, 2.45) is 0 Å². The number of carbonyl (C=O) groups is 2. The molecule has 0 saturated carbocycles. The fourth-order valence-corrected chi connectivity index (χ4v) is 4.10. The first kappa shape index (κ1) is 19.5. The second-order valence-electron chi connectivity index (χ2n) is 5.94. The SMILES string of the molecule is C#CCN1C(=O)S/C(=C/c2ccc(OCc3cccc(C)c3)c(I)c2)C1=O. The number of rotatable bonds is 5. The quantitative estimate of drug-likeness (QED) is 0.343. The minimum atomic E-state index is -0.349. The molecule has 2 aromatic rings. The first-order chi connectivity index (χ1) is 13.0. The van der Waals surface area contributed by atoms with Crippen molar-refractivity contribution in [3.63, 3.8) is 0 Å².